The van der Waals surface area contributed by atoms with Crippen LogP contribution in [0.15, 0.2) is 63.8 Å². The van der Waals surface area contributed by atoms with E-state index < -0.39 is 0 Å². The summed E-state index contributed by atoms with van der Waals surface area (Å²) in [5.74, 6) is 1.28. The fourth-order valence-corrected chi connectivity index (χ4v) is 4.12. The van der Waals surface area contributed by atoms with Gasteiger partial charge in [-0.15, -0.1) is 0 Å². The van der Waals surface area contributed by atoms with E-state index in [1.54, 1.807) is 18.5 Å². The summed E-state index contributed by atoms with van der Waals surface area (Å²) in [6.07, 6.45) is 3.21. The second-order valence-electron chi connectivity index (χ2n) is 7.96. The maximum absolute atomic E-state index is 13.1. The monoisotopic (exact) mass is 385 g/mol. The zero-order valence-electron chi connectivity index (χ0n) is 16.6. The number of aromatic nitrogens is 2. The SMILES string of the molecule is Cc1nc2oc(-c3ccc(C4(N)CCC4)cc3)c(-c3ccccc3)c2c(=O)n1C. The summed E-state index contributed by atoms with van der Waals surface area (Å²) in [7, 11) is 1.74. The molecule has 0 saturated heterocycles. The number of nitrogens with zero attached hydrogens (tertiary/aromatic N) is 2. The number of furan rings is 1. The molecule has 4 aromatic rings. The molecule has 5 rings (SSSR count). The predicted octanol–water partition coefficient (Wildman–Crippen LogP) is 4.51. The van der Waals surface area contributed by atoms with Gasteiger partial charge in [0.15, 0.2) is 0 Å². The smallest absolute Gasteiger partial charge is 0.265 e. The molecule has 1 aliphatic rings. The van der Waals surface area contributed by atoms with Gasteiger partial charge in [0.2, 0.25) is 5.71 Å². The topological polar surface area (TPSA) is 74.1 Å². The minimum absolute atomic E-state index is 0.103. The molecule has 0 radical (unpaired) electrons. The van der Waals surface area contributed by atoms with E-state index >= 15 is 0 Å². The maximum atomic E-state index is 13.1. The van der Waals surface area contributed by atoms with Gasteiger partial charge in [0.1, 0.15) is 17.0 Å². The Labute approximate surface area is 168 Å². The van der Waals surface area contributed by atoms with Gasteiger partial charge >= 0.3 is 0 Å². The molecule has 0 bridgehead atoms. The predicted molar refractivity (Wildman–Crippen MR) is 115 cm³/mol. The Morgan fingerprint density at radius 1 is 1.03 bits per heavy atom. The van der Waals surface area contributed by atoms with Gasteiger partial charge in [-0.25, -0.2) is 0 Å². The van der Waals surface area contributed by atoms with Crippen LogP contribution >= 0.6 is 0 Å². The van der Waals surface area contributed by atoms with Crippen LogP contribution in [0.25, 0.3) is 33.6 Å². The Hall–Kier alpha value is -3.18. The van der Waals surface area contributed by atoms with Crippen molar-refractivity contribution in [2.75, 3.05) is 0 Å². The van der Waals surface area contributed by atoms with Crippen molar-refractivity contribution in [3.05, 3.63) is 76.3 Å². The van der Waals surface area contributed by atoms with Crippen molar-refractivity contribution in [1.29, 1.82) is 0 Å². The Morgan fingerprint density at radius 3 is 2.34 bits per heavy atom. The maximum Gasteiger partial charge on any atom is 0.265 e. The molecule has 2 heterocycles. The highest BCUT2D eigenvalue weighted by Crippen LogP contribution is 2.42. The minimum Gasteiger partial charge on any atom is -0.437 e. The van der Waals surface area contributed by atoms with Gasteiger partial charge in [0.25, 0.3) is 5.56 Å². The molecule has 29 heavy (non-hydrogen) atoms. The third-order valence-corrected chi connectivity index (χ3v) is 6.19. The molecule has 0 spiro atoms. The molecule has 146 valence electrons. The van der Waals surface area contributed by atoms with E-state index in [4.69, 9.17) is 10.2 Å². The molecule has 1 aliphatic carbocycles. The largest absolute Gasteiger partial charge is 0.437 e. The van der Waals surface area contributed by atoms with Crippen LogP contribution in [0.4, 0.5) is 0 Å². The Bertz CT molecular complexity index is 1260. The molecular weight excluding hydrogens is 362 g/mol. The summed E-state index contributed by atoms with van der Waals surface area (Å²) >= 11 is 0. The Kier molecular flexibility index (Phi) is 3.96. The lowest BCUT2D eigenvalue weighted by atomic mass is 9.72. The van der Waals surface area contributed by atoms with Crippen LogP contribution in [0, 0.1) is 6.92 Å². The van der Waals surface area contributed by atoms with E-state index in [0.29, 0.717) is 22.7 Å². The number of nitrogens with two attached hydrogens (primary N) is 1. The number of hydrogen-bond acceptors (Lipinski definition) is 4. The van der Waals surface area contributed by atoms with E-state index in [-0.39, 0.29) is 11.1 Å². The van der Waals surface area contributed by atoms with Crippen LogP contribution in [-0.2, 0) is 12.6 Å². The van der Waals surface area contributed by atoms with E-state index in [0.717, 1.165) is 35.1 Å². The first-order valence-electron chi connectivity index (χ1n) is 9.93. The lowest BCUT2D eigenvalue weighted by molar-refractivity contribution is 0.253. The summed E-state index contributed by atoms with van der Waals surface area (Å²) < 4.78 is 7.73. The van der Waals surface area contributed by atoms with Crippen LogP contribution in [0.3, 0.4) is 0 Å². The van der Waals surface area contributed by atoms with Crippen LogP contribution in [-0.4, -0.2) is 9.55 Å². The first-order chi connectivity index (χ1) is 14.0. The average Bonchev–Trinajstić information content (AvgIpc) is 3.10. The third kappa shape index (κ3) is 2.73. The van der Waals surface area contributed by atoms with Crippen LogP contribution in [0.2, 0.25) is 0 Å². The van der Waals surface area contributed by atoms with Crippen molar-refractivity contribution in [2.24, 2.45) is 12.8 Å². The molecule has 0 atom stereocenters. The summed E-state index contributed by atoms with van der Waals surface area (Å²) in [5.41, 5.74) is 10.3. The van der Waals surface area contributed by atoms with Crippen molar-refractivity contribution in [1.82, 2.24) is 9.55 Å². The summed E-state index contributed by atoms with van der Waals surface area (Å²) in [4.78, 5) is 17.6. The molecule has 2 aromatic heterocycles. The molecule has 2 aromatic carbocycles. The van der Waals surface area contributed by atoms with Crippen molar-refractivity contribution in [3.8, 4) is 22.5 Å². The first-order valence-corrected chi connectivity index (χ1v) is 9.93. The summed E-state index contributed by atoms with van der Waals surface area (Å²) in [5, 5.41) is 0.512. The van der Waals surface area contributed by atoms with Crippen molar-refractivity contribution < 1.29 is 4.42 Å². The molecule has 0 unspecified atom stereocenters. The molecule has 5 nitrogen and oxygen atoms in total. The van der Waals surface area contributed by atoms with Gasteiger partial charge < -0.3 is 10.2 Å². The van der Waals surface area contributed by atoms with Gasteiger partial charge in [0, 0.05) is 23.7 Å². The highest BCUT2D eigenvalue weighted by Gasteiger charge is 2.34. The quantitative estimate of drug-likeness (QED) is 0.563. The van der Waals surface area contributed by atoms with Crippen molar-refractivity contribution in [3.63, 3.8) is 0 Å². The summed E-state index contributed by atoms with van der Waals surface area (Å²) in [6, 6.07) is 18.1. The second-order valence-corrected chi connectivity index (χ2v) is 7.96. The molecule has 2 N–H and O–H groups in total. The van der Waals surface area contributed by atoms with Crippen LogP contribution < -0.4 is 11.3 Å². The number of hydrogen-bond donors (Lipinski definition) is 1. The third-order valence-electron chi connectivity index (χ3n) is 6.19. The standard InChI is InChI=1S/C24H23N3O2/c1-15-26-22-20(23(28)27(15)2)19(16-7-4-3-5-8-16)21(29-22)17-9-11-18(12-10-17)24(25)13-6-14-24/h3-5,7-12H,6,13-14,25H2,1-2H3. The van der Waals surface area contributed by atoms with Crippen molar-refractivity contribution >= 4 is 11.1 Å². The zero-order chi connectivity index (χ0) is 20.2. The van der Waals surface area contributed by atoms with Gasteiger partial charge in [-0.2, -0.15) is 4.98 Å². The van der Waals surface area contributed by atoms with E-state index in [1.807, 2.05) is 42.5 Å². The summed E-state index contributed by atoms with van der Waals surface area (Å²) in [6.45, 7) is 1.80. The highest BCUT2D eigenvalue weighted by atomic mass is 16.3. The number of benzene rings is 2. The van der Waals surface area contributed by atoms with Gasteiger partial charge in [-0.1, -0.05) is 54.6 Å². The lowest BCUT2D eigenvalue weighted by Crippen LogP contribution is -2.43. The second kappa shape index (κ2) is 6.42. The van der Waals surface area contributed by atoms with E-state index in [2.05, 4.69) is 17.1 Å². The number of rotatable bonds is 3. The highest BCUT2D eigenvalue weighted by molar-refractivity contribution is 6.00. The van der Waals surface area contributed by atoms with Crippen LogP contribution in [0.1, 0.15) is 30.7 Å². The molecule has 5 heteroatoms. The number of aryl methyl sites for hydroxylation is 1. The van der Waals surface area contributed by atoms with Gasteiger partial charge in [0.05, 0.1) is 0 Å². The van der Waals surface area contributed by atoms with Crippen molar-refractivity contribution in [2.45, 2.75) is 31.7 Å². The Balaban J connectivity index is 1.75. The average molecular weight is 385 g/mol. The fraction of sp³-hybridized carbons (Fsp3) is 0.250. The van der Waals surface area contributed by atoms with E-state index in [1.165, 1.54) is 6.42 Å². The molecule has 0 amide bonds. The molecule has 1 fully saturated rings. The van der Waals surface area contributed by atoms with Gasteiger partial charge in [-0.3, -0.25) is 9.36 Å². The molecule has 1 saturated carbocycles. The fourth-order valence-electron chi connectivity index (χ4n) is 4.12. The first kappa shape index (κ1) is 17.9. The van der Waals surface area contributed by atoms with E-state index in [9.17, 15) is 4.79 Å². The lowest BCUT2D eigenvalue weighted by Gasteiger charge is -2.38. The number of fused-ring (bicyclic) bond motifs is 1. The normalized spacial score (nSPS) is 15.4. The Morgan fingerprint density at radius 2 is 1.72 bits per heavy atom. The van der Waals surface area contributed by atoms with Gasteiger partial charge in [-0.05, 0) is 37.3 Å². The minimum atomic E-state index is -0.205. The van der Waals surface area contributed by atoms with Crippen LogP contribution in [0.5, 0.6) is 0 Å². The zero-order valence-corrected chi connectivity index (χ0v) is 16.6. The molecular formula is C24H23N3O2. The molecule has 0 aliphatic heterocycles.